The Labute approximate surface area is 125 Å². The van der Waals surface area contributed by atoms with Crippen molar-refractivity contribution in [2.75, 3.05) is 20.3 Å². The minimum absolute atomic E-state index is 0.751. The Morgan fingerprint density at radius 1 is 1.05 bits per heavy atom. The van der Waals surface area contributed by atoms with E-state index in [2.05, 4.69) is 60.8 Å². The number of nitrogens with one attached hydrogen (secondary N) is 1. The van der Waals surface area contributed by atoms with Crippen molar-refractivity contribution < 1.29 is 4.74 Å². The molecule has 1 N–H and O–H groups in total. The third-order valence-electron chi connectivity index (χ3n) is 3.06. The van der Waals surface area contributed by atoms with Crippen LogP contribution >= 0.6 is 11.8 Å². The molecule has 106 valence electrons. The molecule has 0 amide bonds. The van der Waals surface area contributed by atoms with Crippen LogP contribution in [0.2, 0.25) is 0 Å². The molecule has 0 aromatic heterocycles. The fourth-order valence-corrected chi connectivity index (χ4v) is 2.78. The van der Waals surface area contributed by atoms with Gasteiger partial charge in [0, 0.05) is 30.0 Å². The Balaban J connectivity index is 1.90. The molecule has 0 spiro atoms. The van der Waals surface area contributed by atoms with Crippen LogP contribution in [0.4, 0.5) is 0 Å². The Bertz CT molecular complexity index is 525. The molecule has 0 radical (unpaired) electrons. The normalized spacial score (nSPS) is 10.7. The van der Waals surface area contributed by atoms with Crippen molar-refractivity contribution in [3.63, 3.8) is 0 Å². The van der Waals surface area contributed by atoms with Crippen LogP contribution in [0.25, 0.3) is 0 Å². The number of hydrogen-bond acceptors (Lipinski definition) is 3. The average molecular weight is 287 g/mol. The van der Waals surface area contributed by atoms with Crippen LogP contribution in [0.3, 0.4) is 0 Å². The van der Waals surface area contributed by atoms with Crippen LogP contribution in [0.5, 0.6) is 0 Å². The third kappa shape index (κ3) is 4.67. The monoisotopic (exact) mass is 287 g/mol. The zero-order chi connectivity index (χ0) is 14.2. The van der Waals surface area contributed by atoms with Crippen LogP contribution in [0.15, 0.2) is 58.3 Å². The van der Waals surface area contributed by atoms with E-state index in [4.69, 9.17) is 4.74 Å². The summed E-state index contributed by atoms with van der Waals surface area (Å²) in [5.74, 6) is 0. The van der Waals surface area contributed by atoms with Gasteiger partial charge in [-0.25, -0.2) is 0 Å². The number of methoxy groups -OCH3 is 1. The van der Waals surface area contributed by atoms with Crippen molar-refractivity contribution in [1.29, 1.82) is 0 Å². The van der Waals surface area contributed by atoms with Crippen molar-refractivity contribution >= 4 is 11.8 Å². The first-order chi connectivity index (χ1) is 9.79. The molecule has 20 heavy (non-hydrogen) atoms. The molecule has 3 heteroatoms. The van der Waals surface area contributed by atoms with Gasteiger partial charge in [-0.05, 0) is 36.2 Å². The van der Waals surface area contributed by atoms with E-state index in [-0.39, 0.29) is 0 Å². The highest BCUT2D eigenvalue weighted by molar-refractivity contribution is 7.99. The topological polar surface area (TPSA) is 21.3 Å². The van der Waals surface area contributed by atoms with Gasteiger partial charge in [-0.3, -0.25) is 0 Å². The number of aryl methyl sites for hydroxylation is 1. The second kappa shape index (κ2) is 8.10. The highest BCUT2D eigenvalue weighted by Gasteiger charge is 2.00. The molecule has 0 fully saturated rings. The molecule has 0 bridgehead atoms. The lowest BCUT2D eigenvalue weighted by atomic mass is 10.2. The van der Waals surface area contributed by atoms with Crippen molar-refractivity contribution in [3.05, 3.63) is 59.7 Å². The Kier molecular flexibility index (Phi) is 6.12. The summed E-state index contributed by atoms with van der Waals surface area (Å²) in [6.07, 6.45) is 0. The highest BCUT2D eigenvalue weighted by atomic mass is 32.2. The molecular formula is C17H21NOS. The fourth-order valence-electron chi connectivity index (χ4n) is 1.88. The minimum atomic E-state index is 0.751. The van der Waals surface area contributed by atoms with Crippen LogP contribution in [-0.2, 0) is 11.3 Å². The summed E-state index contributed by atoms with van der Waals surface area (Å²) in [5.41, 5.74) is 2.62. The van der Waals surface area contributed by atoms with Gasteiger partial charge in [0.05, 0.1) is 6.61 Å². The largest absolute Gasteiger partial charge is 0.383 e. The molecule has 0 aliphatic heterocycles. The molecule has 0 aliphatic rings. The van der Waals surface area contributed by atoms with Crippen LogP contribution < -0.4 is 5.32 Å². The summed E-state index contributed by atoms with van der Waals surface area (Å²) in [4.78, 5) is 2.60. The van der Waals surface area contributed by atoms with Gasteiger partial charge >= 0.3 is 0 Å². The minimum Gasteiger partial charge on any atom is -0.383 e. The van der Waals surface area contributed by atoms with E-state index >= 15 is 0 Å². The second-order valence-corrected chi connectivity index (χ2v) is 5.80. The summed E-state index contributed by atoms with van der Waals surface area (Å²) in [7, 11) is 1.72. The lowest BCUT2D eigenvalue weighted by Crippen LogP contribution is -2.18. The smallest absolute Gasteiger partial charge is 0.0587 e. The number of rotatable bonds is 7. The van der Waals surface area contributed by atoms with Crippen molar-refractivity contribution in [3.8, 4) is 0 Å². The molecule has 2 rings (SSSR count). The summed E-state index contributed by atoms with van der Waals surface area (Å²) in [6, 6.07) is 17.2. The zero-order valence-electron chi connectivity index (χ0n) is 12.1. The van der Waals surface area contributed by atoms with E-state index in [9.17, 15) is 0 Å². The second-order valence-electron chi connectivity index (χ2n) is 4.68. The molecule has 0 saturated carbocycles. The first kappa shape index (κ1) is 15.1. The summed E-state index contributed by atoms with van der Waals surface area (Å²) < 4.78 is 5.01. The number of ether oxygens (including phenoxy) is 1. The average Bonchev–Trinajstić information content (AvgIpc) is 2.48. The molecule has 0 saturated heterocycles. The molecule has 2 aromatic carbocycles. The molecule has 2 nitrogen and oxygen atoms in total. The van der Waals surface area contributed by atoms with E-state index in [0.717, 1.165) is 19.7 Å². The van der Waals surface area contributed by atoms with E-state index in [0.29, 0.717) is 0 Å². The van der Waals surface area contributed by atoms with Gasteiger partial charge in [0.25, 0.3) is 0 Å². The quantitative estimate of drug-likeness (QED) is 0.781. The van der Waals surface area contributed by atoms with Gasteiger partial charge in [-0.2, -0.15) is 0 Å². The Morgan fingerprint density at radius 3 is 2.50 bits per heavy atom. The van der Waals surface area contributed by atoms with Crippen molar-refractivity contribution in [2.24, 2.45) is 0 Å². The molecule has 0 unspecified atom stereocenters. The predicted octanol–water partition coefficient (Wildman–Crippen LogP) is 3.88. The Hall–Kier alpha value is -1.29. The molecule has 0 aliphatic carbocycles. The highest BCUT2D eigenvalue weighted by Crippen LogP contribution is 2.29. The molecule has 2 aromatic rings. The number of hydrogen-bond donors (Lipinski definition) is 1. The van der Waals surface area contributed by atoms with Crippen LogP contribution in [0.1, 0.15) is 11.1 Å². The van der Waals surface area contributed by atoms with Gasteiger partial charge in [0.15, 0.2) is 0 Å². The zero-order valence-corrected chi connectivity index (χ0v) is 12.9. The van der Waals surface area contributed by atoms with Gasteiger partial charge < -0.3 is 10.1 Å². The van der Waals surface area contributed by atoms with E-state index in [1.54, 1.807) is 7.11 Å². The summed E-state index contributed by atoms with van der Waals surface area (Å²) in [6.45, 7) is 4.67. The van der Waals surface area contributed by atoms with E-state index in [1.165, 1.54) is 20.9 Å². The lowest BCUT2D eigenvalue weighted by molar-refractivity contribution is 0.199. The van der Waals surface area contributed by atoms with Crippen molar-refractivity contribution in [2.45, 2.75) is 23.3 Å². The molecule has 0 heterocycles. The lowest BCUT2D eigenvalue weighted by Gasteiger charge is -2.07. The van der Waals surface area contributed by atoms with Gasteiger partial charge in [0.1, 0.15) is 0 Å². The first-order valence-electron chi connectivity index (χ1n) is 6.81. The third-order valence-corrected chi connectivity index (χ3v) is 4.24. The standard InChI is InChI=1S/C17H21NOS/c1-14-5-3-4-6-17(14)20-16-9-7-15(8-10-16)13-18-11-12-19-2/h3-10,18H,11-13H2,1-2H3. The Morgan fingerprint density at radius 2 is 1.80 bits per heavy atom. The summed E-state index contributed by atoms with van der Waals surface area (Å²) >= 11 is 1.81. The van der Waals surface area contributed by atoms with Crippen molar-refractivity contribution in [1.82, 2.24) is 5.32 Å². The maximum atomic E-state index is 5.01. The van der Waals surface area contributed by atoms with E-state index < -0.39 is 0 Å². The molecular weight excluding hydrogens is 266 g/mol. The SMILES string of the molecule is COCCNCc1ccc(Sc2ccccc2C)cc1. The fraction of sp³-hybridized carbons (Fsp3) is 0.294. The predicted molar refractivity (Wildman–Crippen MR) is 85.3 cm³/mol. The van der Waals surface area contributed by atoms with E-state index in [1.807, 2.05) is 11.8 Å². The maximum absolute atomic E-state index is 5.01. The van der Waals surface area contributed by atoms with Gasteiger partial charge in [-0.1, -0.05) is 42.1 Å². The first-order valence-corrected chi connectivity index (χ1v) is 7.63. The van der Waals surface area contributed by atoms with Crippen LogP contribution in [0, 0.1) is 6.92 Å². The van der Waals surface area contributed by atoms with Gasteiger partial charge in [-0.15, -0.1) is 0 Å². The maximum Gasteiger partial charge on any atom is 0.0587 e. The van der Waals surface area contributed by atoms with Gasteiger partial charge in [0.2, 0.25) is 0 Å². The van der Waals surface area contributed by atoms with Crippen LogP contribution in [-0.4, -0.2) is 20.3 Å². The molecule has 0 atom stereocenters. The number of benzene rings is 2. The summed E-state index contributed by atoms with van der Waals surface area (Å²) in [5, 5.41) is 3.35.